The lowest BCUT2D eigenvalue weighted by atomic mass is 9.97. The molecule has 2 N–H and O–H groups in total. The van der Waals surface area contributed by atoms with Crippen LogP contribution in [-0.4, -0.2) is 10.8 Å². The number of hydrogen-bond donors (Lipinski definition) is 1. The highest BCUT2D eigenvalue weighted by atomic mass is 35.5. The highest BCUT2D eigenvalue weighted by Gasteiger charge is 2.25. The van der Waals surface area contributed by atoms with Crippen molar-refractivity contribution in [2.24, 2.45) is 5.73 Å². The number of nitro benzene ring substituents is 1. The van der Waals surface area contributed by atoms with Gasteiger partial charge in [0.25, 0.3) is 0 Å². The molecule has 0 fully saturated rings. The molecule has 0 aliphatic carbocycles. The van der Waals surface area contributed by atoms with Crippen LogP contribution in [0.2, 0.25) is 10.0 Å². The van der Waals surface area contributed by atoms with Crippen molar-refractivity contribution in [2.45, 2.75) is 12.8 Å². The Morgan fingerprint density at radius 3 is 2.48 bits per heavy atom. The minimum atomic E-state index is -1.02. The standard InChI is InChI=1S/C15H11Cl2FN2O3/c16-9-3-1-8(12(17)7-9)2-4-10-11(15(19)21)5-6-13(18)14(10)20(22)23/h1,3,5-7H,2,4H2,(H2,19,21). The summed E-state index contributed by atoms with van der Waals surface area (Å²) in [4.78, 5) is 21.7. The van der Waals surface area contributed by atoms with E-state index in [4.69, 9.17) is 28.9 Å². The Morgan fingerprint density at radius 2 is 1.91 bits per heavy atom. The molecule has 0 saturated carbocycles. The number of hydrogen-bond acceptors (Lipinski definition) is 3. The molecule has 1 amide bonds. The van der Waals surface area contributed by atoms with Crippen molar-refractivity contribution < 1.29 is 14.1 Å². The van der Waals surface area contributed by atoms with Crippen LogP contribution in [0.4, 0.5) is 10.1 Å². The summed E-state index contributed by atoms with van der Waals surface area (Å²) >= 11 is 11.9. The number of primary amides is 1. The van der Waals surface area contributed by atoms with Crippen LogP contribution in [-0.2, 0) is 12.8 Å². The fourth-order valence-electron chi connectivity index (χ4n) is 2.27. The number of carbonyl (C=O) groups is 1. The zero-order valence-electron chi connectivity index (χ0n) is 11.7. The fraction of sp³-hybridized carbons (Fsp3) is 0.133. The SMILES string of the molecule is NC(=O)c1ccc(F)c([N+](=O)[O-])c1CCc1ccc(Cl)cc1Cl. The van der Waals surface area contributed by atoms with Crippen LogP contribution in [0.25, 0.3) is 0 Å². The van der Waals surface area contributed by atoms with E-state index in [2.05, 4.69) is 0 Å². The fourth-order valence-corrected chi connectivity index (χ4v) is 2.78. The third kappa shape index (κ3) is 3.78. The normalized spacial score (nSPS) is 10.6. The molecule has 0 aliphatic rings. The molecule has 2 rings (SSSR count). The lowest BCUT2D eigenvalue weighted by molar-refractivity contribution is -0.388. The third-order valence-electron chi connectivity index (χ3n) is 3.34. The van der Waals surface area contributed by atoms with Crippen molar-refractivity contribution in [1.82, 2.24) is 0 Å². The zero-order chi connectivity index (χ0) is 17.1. The van der Waals surface area contributed by atoms with E-state index in [1.807, 2.05) is 0 Å². The van der Waals surface area contributed by atoms with Gasteiger partial charge in [-0.2, -0.15) is 4.39 Å². The van der Waals surface area contributed by atoms with E-state index < -0.39 is 22.3 Å². The topological polar surface area (TPSA) is 86.2 Å². The number of halogens is 3. The second kappa shape index (κ2) is 6.93. The van der Waals surface area contributed by atoms with Gasteiger partial charge in [0.15, 0.2) is 0 Å². The summed E-state index contributed by atoms with van der Waals surface area (Å²) in [6.07, 6.45) is 0.300. The Kier molecular flexibility index (Phi) is 5.18. The summed E-state index contributed by atoms with van der Waals surface area (Å²) in [7, 11) is 0. The average Bonchev–Trinajstić information content (AvgIpc) is 2.45. The summed E-state index contributed by atoms with van der Waals surface area (Å²) in [6, 6.07) is 6.82. The van der Waals surface area contributed by atoms with E-state index in [-0.39, 0.29) is 24.0 Å². The molecule has 0 heterocycles. The third-order valence-corrected chi connectivity index (χ3v) is 3.93. The second-order valence-corrected chi connectivity index (χ2v) is 5.62. The van der Waals surface area contributed by atoms with E-state index in [0.717, 1.165) is 12.1 Å². The van der Waals surface area contributed by atoms with Gasteiger partial charge in [0.2, 0.25) is 11.7 Å². The summed E-state index contributed by atoms with van der Waals surface area (Å²) in [5.41, 5.74) is 5.02. The van der Waals surface area contributed by atoms with Crippen molar-refractivity contribution in [3.8, 4) is 0 Å². The van der Waals surface area contributed by atoms with Crippen molar-refractivity contribution in [2.75, 3.05) is 0 Å². The van der Waals surface area contributed by atoms with Crippen molar-refractivity contribution in [1.29, 1.82) is 0 Å². The van der Waals surface area contributed by atoms with Crippen LogP contribution in [0.5, 0.6) is 0 Å². The van der Waals surface area contributed by atoms with E-state index in [9.17, 15) is 19.3 Å². The minimum absolute atomic E-state index is 0.0354. The van der Waals surface area contributed by atoms with E-state index >= 15 is 0 Å². The van der Waals surface area contributed by atoms with Gasteiger partial charge in [-0.1, -0.05) is 29.3 Å². The van der Waals surface area contributed by atoms with Gasteiger partial charge in [0.1, 0.15) is 0 Å². The van der Waals surface area contributed by atoms with Crippen LogP contribution in [0, 0.1) is 15.9 Å². The van der Waals surface area contributed by atoms with E-state index in [1.165, 1.54) is 6.07 Å². The molecule has 0 radical (unpaired) electrons. The summed E-state index contributed by atoms with van der Waals surface area (Å²) in [5.74, 6) is -1.87. The Bertz CT molecular complexity index is 797. The summed E-state index contributed by atoms with van der Waals surface area (Å²) < 4.78 is 13.8. The van der Waals surface area contributed by atoms with E-state index in [0.29, 0.717) is 15.6 Å². The predicted octanol–water partition coefficient (Wildman–Crippen LogP) is 3.92. The molecule has 0 aliphatic heterocycles. The maximum atomic E-state index is 13.8. The predicted molar refractivity (Wildman–Crippen MR) is 85.4 cm³/mol. The van der Waals surface area contributed by atoms with Crippen molar-refractivity contribution >= 4 is 34.8 Å². The zero-order valence-corrected chi connectivity index (χ0v) is 13.2. The van der Waals surface area contributed by atoms with Gasteiger partial charge in [-0.05, 0) is 42.7 Å². The molecule has 23 heavy (non-hydrogen) atoms. The smallest absolute Gasteiger partial charge is 0.308 e. The Hall–Kier alpha value is -2.18. The van der Waals surface area contributed by atoms with Crippen molar-refractivity contribution in [3.05, 3.63) is 73.0 Å². The molecule has 0 saturated heterocycles. The average molecular weight is 357 g/mol. The maximum absolute atomic E-state index is 13.8. The largest absolute Gasteiger partial charge is 0.366 e. The molecule has 120 valence electrons. The molecular formula is C15H11Cl2FN2O3. The highest BCUT2D eigenvalue weighted by molar-refractivity contribution is 6.35. The quantitative estimate of drug-likeness (QED) is 0.650. The first kappa shape index (κ1) is 17.2. The van der Waals surface area contributed by atoms with Crippen LogP contribution in [0.3, 0.4) is 0 Å². The number of aryl methyl sites for hydroxylation is 1. The highest BCUT2D eigenvalue weighted by Crippen LogP contribution is 2.29. The van der Waals surface area contributed by atoms with Gasteiger partial charge < -0.3 is 5.73 Å². The van der Waals surface area contributed by atoms with Gasteiger partial charge in [-0.25, -0.2) is 0 Å². The van der Waals surface area contributed by atoms with Gasteiger partial charge in [0.05, 0.1) is 4.92 Å². The first-order valence-corrected chi connectivity index (χ1v) is 7.26. The van der Waals surface area contributed by atoms with Gasteiger partial charge >= 0.3 is 5.69 Å². The van der Waals surface area contributed by atoms with Crippen LogP contribution < -0.4 is 5.73 Å². The molecule has 0 spiro atoms. The Morgan fingerprint density at radius 1 is 1.22 bits per heavy atom. The molecule has 8 heteroatoms. The first-order chi connectivity index (χ1) is 10.8. The molecule has 2 aromatic rings. The number of benzene rings is 2. The van der Waals surface area contributed by atoms with Gasteiger partial charge in [0, 0.05) is 21.2 Å². The molecular weight excluding hydrogens is 346 g/mol. The maximum Gasteiger partial charge on any atom is 0.308 e. The molecule has 0 bridgehead atoms. The number of carbonyl (C=O) groups excluding carboxylic acids is 1. The molecule has 5 nitrogen and oxygen atoms in total. The van der Waals surface area contributed by atoms with Gasteiger partial charge in [-0.15, -0.1) is 0 Å². The Labute approximate surface area is 141 Å². The van der Waals surface area contributed by atoms with Crippen LogP contribution in [0.15, 0.2) is 30.3 Å². The number of nitro groups is 1. The first-order valence-electron chi connectivity index (χ1n) is 6.50. The lowest BCUT2D eigenvalue weighted by Gasteiger charge is -2.09. The second-order valence-electron chi connectivity index (χ2n) is 4.78. The van der Waals surface area contributed by atoms with Gasteiger partial charge in [-0.3, -0.25) is 14.9 Å². The molecule has 2 aromatic carbocycles. The lowest BCUT2D eigenvalue weighted by Crippen LogP contribution is -2.16. The Balaban J connectivity index is 2.43. The molecule has 0 unspecified atom stereocenters. The molecule has 0 atom stereocenters. The monoisotopic (exact) mass is 356 g/mol. The minimum Gasteiger partial charge on any atom is -0.366 e. The van der Waals surface area contributed by atoms with Crippen molar-refractivity contribution in [3.63, 3.8) is 0 Å². The van der Waals surface area contributed by atoms with Crippen LogP contribution >= 0.6 is 23.2 Å². The summed E-state index contributed by atoms with van der Waals surface area (Å²) in [6.45, 7) is 0. The number of amides is 1. The number of rotatable bonds is 5. The van der Waals surface area contributed by atoms with E-state index in [1.54, 1.807) is 12.1 Å². The number of nitrogens with two attached hydrogens (primary N) is 1. The molecule has 0 aromatic heterocycles. The summed E-state index contributed by atoms with van der Waals surface area (Å²) in [5, 5.41) is 11.9. The van der Waals surface area contributed by atoms with Crippen LogP contribution in [0.1, 0.15) is 21.5 Å². The number of nitrogens with zero attached hydrogens (tertiary/aromatic N) is 1.